The van der Waals surface area contributed by atoms with Crippen LogP contribution in [0.1, 0.15) is 43.5 Å². The van der Waals surface area contributed by atoms with Crippen LogP contribution in [0.3, 0.4) is 0 Å². The van der Waals surface area contributed by atoms with E-state index in [4.69, 9.17) is 5.73 Å². The van der Waals surface area contributed by atoms with Crippen molar-refractivity contribution in [1.29, 1.82) is 0 Å². The van der Waals surface area contributed by atoms with Crippen LogP contribution in [0.2, 0.25) is 0 Å². The third-order valence-electron chi connectivity index (χ3n) is 3.86. The van der Waals surface area contributed by atoms with Crippen molar-refractivity contribution < 1.29 is 4.79 Å². The molecule has 1 aromatic carbocycles. The highest BCUT2D eigenvalue weighted by molar-refractivity contribution is 5.94. The van der Waals surface area contributed by atoms with Crippen molar-refractivity contribution >= 4 is 5.91 Å². The maximum Gasteiger partial charge on any atom is 0.251 e. The summed E-state index contributed by atoms with van der Waals surface area (Å²) < 4.78 is 0. The molecule has 18 heavy (non-hydrogen) atoms. The number of rotatable bonds is 3. The van der Waals surface area contributed by atoms with E-state index in [1.807, 2.05) is 30.3 Å². The summed E-state index contributed by atoms with van der Waals surface area (Å²) in [6.07, 6.45) is 3.12. The number of hydrogen-bond donors (Lipinski definition) is 2. The van der Waals surface area contributed by atoms with Crippen LogP contribution >= 0.6 is 0 Å². The van der Waals surface area contributed by atoms with E-state index in [0.29, 0.717) is 5.92 Å². The van der Waals surface area contributed by atoms with E-state index in [1.165, 1.54) is 0 Å². The molecule has 1 saturated carbocycles. The van der Waals surface area contributed by atoms with Crippen molar-refractivity contribution in [2.24, 2.45) is 11.7 Å². The molecule has 1 aromatic rings. The number of nitrogens with two attached hydrogens (primary N) is 1. The molecule has 1 aliphatic carbocycles. The molecule has 0 bridgehead atoms. The summed E-state index contributed by atoms with van der Waals surface area (Å²) in [6, 6.07) is 9.64. The Kier molecular flexibility index (Phi) is 3.71. The fourth-order valence-corrected chi connectivity index (χ4v) is 2.65. The Bertz CT molecular complexity index is 408. The molecule has 2 rings (SSSR count). The molecule has 2 unspecified atom stereocenters. The molecule has 1 amide bonds. The first-order valence-electron chi connectivity index (χ1n) is 6.61. The third kappa shape index (κ3) is 3.10. The second kappa shape index (κ2) is 5.11. The van der Waals surface area contributed by atoms with Gasteiger partial charge in [0.1, 0.15) is 0 Å². The number of benzene rings is 1. The van der Waals surface area contributed by atoms with Crippen LogP contribution in [0.4, 0.5) is 0 Å². The molecule has 3 heteroatoms. The van der Waals surface area contributed by atoms with Gasteiger partial charge in [0.15, 0.2) is 0 Å². The van der Waals surface area contributed by atoms with Crippen LogP contribution in [0.25, 0.3) is 0 Å². The van der Waals surface area contributed by atoms with Gasteiger partial charge in [0.2, 0.25) is 0 Å². The summed E-state index contributed by atoms with van der Waals surface area (Å²) in [6.45, 7) is 4.14. The summed E-state index contributed by atoms with van der Waals surface area (Å²) in [4.78, 5) is 12.0. The summed E-state index contributed by atoms with van der Waals surface area (Å²) in [5, 5.41) is 3.10. The van der Waals surface area contributed by atoms with Gasteiger partial charge in [-0.05, 0) is 51.2 Å². The lowest BCUT2D eigenvalue weighted by atomic mass is 9.87. The van der Waals surface area contributed by atoms with Crippen LogP contribution in [-0.2, 0) is 0 Å². The van der Waals surface area contributed by atoms with Gasteiger partial charge in [-0.2, -0.15) is 0 Å². The Labute approximate surface area is 109 Å². The monoisotopic (exact) mass is 246 g/mol. The predicted molar refractivity (Wildman–Crippen MR) is 73.3 cm³/mol. The molecule has 98 valence electrons. The van der Waals surface area contributed by atoms with Gasteiger partial charge in [0.05, 0.1) is 0 Å². The number of hydrogen-bond acceptors (Lipinski definition) is 2. The van der Waals surface area contributed by atoms with Crippen molar-refractivity contribution in [2.45, 2.75) is 44.7 Å². The Hall–Kier alpha value is -1.35. The molecule has 0 radical (unpaired) electrons. The standard InChI is InChI=1S/C15H22N2O/c1-15(2,16)12-8-9-13(10-12)17-14(18)11-6-4-3-5-7-11/h3-7,12-13H,8-10,16H2,1-2H3,(H,17,18). The van der Waals surface area contributed by atoms with Crippen molar-refractivity contribution in [3.63, 3.8) is 0 Å². The smallest absolute Gasteiger partial charge is 0.251 e. The minimum Gasteiger partial charge on any atom is -0.349 e. The van der Waals surface area contributed by atoms with Crippen molar-refractivity contribution in [2.75, 3.05) is 0 Å². The van der Waals surface area contributed by atoms with Gasteiger partial charge in [0, 0.05) is 17.1 Å². The van der Waals surface area contributed by atoms with E-state index in [1.54, 1.807) is 0 Å². The lowest BCUT2D eigenvalue weighted by Gasteiger charge is -2.26. The minimum atomic E-state index is -0.147. The highest BCUT2D eigenvalue weighted by Gasteiger charge is 2.33. The summed E-state index contributed by atoms with van der Waals surface area (Å²) in [7, 11) is 0. The highest BCUT2D eigenvalue weighted by atomic mass is 16.1. The molecule has 0 spiro atoms. The first-order valence-corrected chi connectivity index (χ1v) is 6.61. The minimum absolute atomic E-state index is 0.0241. The van der Waals surface area contributed by atoms with E-state index in [2.05, 4.69) is 19.2 Å². The van der Waals surface area contributed by atoms with E-state index >= 15 is 0 Å². The summed E-state index contributed by atoms with van der Waals surface area (Å²) >= 11 is 0. The topological polar surface area (TPSA) is 55.1 Å². The van der Waals surface area contributed by atoms with Gasteiger partial charge < -0.3 is 11.1 Å². The molecule has 0 aliphatic heterocycles. The van der Waals surface area contributed by atoms with Crippen molar-refractivity contribution in [1.82, 2.24) is 5.32 Å². The van der Waals surface area contributed by atoms with Gasteiger partial charge in [-0.1, -0.05) is 18.2 Å². The van der Waals surface area contributed by atoms with Gasteiger partial charge in [-0.3, -0.25) is 4.79 Å². The fourth-order valence-electron chi connectivity index (χ4n) is 2.65. The Morgan fingerprint density at radius 1 is 1.28 bits per heavy atom. The SMILES string of the molecule is CC(C)(N)C1CCC(NC(=O)c2ccccc2)C1. The van der Waals surface area contributed by atoms with Crippen LogP contribution in [-0.4, -0.2) is 17.5 Å². The summed E-state index contributed by atoms with van der Waals surface area (Å²) in [5.74, 6) is 0.523. The number of carbonyl (C=O) groups is 1. The third-order valence-corrected chi connectivity index (χ3v) is 3.86. The predicted octanol–water partition coefficient (Wildman–Crippen LogP) is 2.32. The number of amides is 1. The van der Waals surface area contributed by atoms with E-state index in [9.17, 15) is 4.79 Å². The molecule has 3 nitrogen and oxygen atoms in total. The molecule has 2 atom stereocenters. The zero-order valence-electron chi connectivity index (χ0n) is 11.1. The molecule has 0 aromatic heterocycles. The summed E-state index contributed by atoms with van der Waals surface area (Å²) in [5.41, 5.74) is 6.72. The Morgan fingerprint density at radius 2 is 1.94 bits per heavy atom. The molecule has 0 heterocycles. The molecule has 1 fully saturated rings. The van der Waals surface area contributed by atoms with Crippen molar-refractivity contribution in [3.05, 3.63) is 35.9 Å². The maximum atomic E-state index is 12.0. The van der Waals surface area contributed by atoms with Gasteiger partial charge in [0.25, 0.3) is 5.91 Å². The molecular weight excluding hydrogens is 224 g/mol. The maximum absolute atomic E-state index is 12.0. The largest absolute Gasteiger partial charge is 0.349 e. The second-order valence-corrected chi connectivity index (χ2v) is 5.87. The van der Waals surface area contributed by atoms with Gasteiger partial charge in [-0.15, -0.1) is 0 Å². The quantitative estimate of drug-likeness (QED) is 0.860. The molecule has 3 N–H and O–H groups in total. The Morgan fingerprint density at radius 3 is 2.50 bits per heavy atom. The zero-order chi connectivity index (χ0) is 13.2. The van der Waals surface area contributed by atoms with Crippen LogP contribution in [0, 0.1) is 5.92 Å². The lowest BCUT2D eigenvalue weighted by Crippen LogP contribution is -2.41. The fraction of sp³-hybridized carbons (Fsp3) is 0.533. The first-order chi connectivity index (χ1) is 8.47. The Balaban J connectivity index is 1.91. The molecular formula is C15H22N2O. The van der Waals surface area contributed by atoms with Gasteiger partial charge >= 0.3 is 0 Å². The van der Waals surface area contributed by atoms with E-state index in [-0.39, 0.29) is 17.5 Å². The molecule has 1 aliphatic rings. The van der Waals surface area contributed by atoms with Gasteiger partial charge in [-0.25, -0.2) is 0 Å². The average Bonchev–Trinajstić information content (AvgIpc) is 2.78. The molecule has 0 saturated heterocycles. The van der Waals surface area contributed by atoms with Crippen LogP contribution in [0.15, 0.2) is 30.3 Å². The first kappa shape index (κ1) is 13.1. The highest BCUT2D eigenvalue weighted by Crippen LogP contribution is 2.32. The van der Waals surface area contributed by atoms with Crippen molar-refractivity contribution in [3.8, 4) is 0 Å². The van der Waals surface area contributed by atoms with Crippen LogP contribution < -0.4 is 11.1 Å². The van der Waals surface area contributed by atoms with E-state index in [0.717, 1.165) is 24.8 Å². The zero-order valence-corrected chi connectivity index (χ0v) is 11.1. The average molecular weight is 246 g/mol. The lowest BCUT2D eigenvalue weighted by molar-refractivity contribution is 0.0936. The normalized spacial score (nSPS) is 23.9. The number of carbonyl (C=O) groups excluding carboxylic acids is 1. The number of nitrogens with one attached hydrogen (secondary N) is 1. The second-order valence-electron chi connectivity index (χ2n) is 5.87. The van der Waals surface area contributed by atoms with Crippen LogP contribution in [0.5, 0.6) is 0 Å². The van der Waals surface area contributed by atoms with E-state index < -0.39 is 0 Å².